The molecule has 2 rings (SSSR count). The Labute approximate surface area is 131 Å². The molecule has 0 aliphatic carbocycles. The van der Waals surface area contributed by atoms with Crippen LogP contribution < -0.4 is 10.1 Å². The van der Waals surface area contributed by atoms with Gasteiger partial charge >= 0.3 is 0 Å². The van der Waals surface area contributed by atoms with E-state index in [4.69, 9.17) is 16.3 Å². The molecule has 116 valence electrons. The zero-order valence-electron chi connectivity index (χ0n) is 12.7. The molecule has 1 atom stereocenters. The molecule has 5 heteroatoms. The van der Waals surface area contributed by atoms with Crippen molar-refractivity contribution in [1.29, 1.82) is 0 Å². The van der Waals surface area contributed by atoms with Crippen LogP contribution in [0.5, 0.6) is 5.75 Å². The molecule has 1 heterocycles. The summed E-state index contributed by atoms with van der Waals surface area (Å²) >= 11 is 6.04. The summed E-state index contributed by atoms with van der Waals surface area (Å²) in [5, 5.41) is 3.74. The highest BCUT2D eigenvalue weighted by Gasteiger charge is 2.28. The number of benzene rings is 1. The van der Waals surface area contributed by atoms with Gasteiger partial charge in [-0.05, 0) is 50.6 Å². The Morgan fingerprint density at radius 2 is 2.33 bits per heavy atom. The third-order valence-corrected chi connectivity index (χ3v) is 3.93. The summed E-state index contributed by atoms with van der Waals surface area (Å²) in [6.45, 7) is 5.17. The van der Waals surface area contributed by atoms with Crippen LogP contribution in [-0.2, 0) is 0 Å². The Kier molecular flexibility index (Phi) is 5.88. The van der Waals surface area contributed by atoms with E-state index in [1.807, 2.05) is 18.9 Å². The predicted molar refractivity (Wildman–Crippen MR) is 85.2 cm³/mol. The number of ether oxygens (including phenoxy) is 1. The van der Waals surface area contributed by atoms with Crippen molar-refractivity contribution in [3.05, 3.63) is 28.8 Å². The normalized spacial score (nSPS) is 18.0. The minimum Gasteiger partial charge on any atom is -0.493 e. The minimum atomic E-state index is 0.0159. The summed E-state index contributed by atoms with van der Waals surface area (Å²) in [6, 6.07) is 5.25. The van der Waals surface area contributed by atoms with Crippen LogP contribution in [0.25, 0.3) is 0 Å². The van der Waals surface area contributed by atoms with E-state index in [0.717, 1.165) is 32.5 Å². The number of carbonyl (C=O) groups is 1. The molecule has 1 aromatic rings. The fourth-order valence-corrected chi connectivity index (χ4v) is 2.82. The van der Waals surface area contributed by atoms with E-state index in [1.165, 1.54) is 0 Å². The molecule has 1 N–H and O–H groups in total. The number of nitrogens with zero attached hydrogens (tertiary/aromatic N) is 1. The lowest BCUT2D eigenvalue weighted by atomic mass is 10.1. The van der Waals surface area contributed by atoms with Gasteiger partial charge in [-0.1, -0.05) is 18.5 Å². The first-order valence-corrected chi connectivity index (χ1v) is 7.89. The Balaban J connectivity index is 2.12. The molecular formula is C16H23ClN2O2. The first kappa shape index (κ1) is 16.1. The molecule has 0 aromatic heterocycles. The van der Waals surface area contributed by atoms with Gasteiger partial charge < -0.3 is 15.0 Å². The van der Waals surface area contributed by atoms with Gasteiger partial charge in [-0.15, -0.1) is 0 Å². The molecule has 0 saturated carbocycles. The summed E-state index contributed by atoms with van der Waals surface area (Å²) in [7, 11) is 1.94. The van der Waals surface area contributed by atoms with E-state index >= 15 is 0 Å². The maximum absolute atomic E-state index is 12.7. The summed E-state index contributed by atoms with van der Waals surface area (Å²) in [5.41, 5.74) is 0.570. The van der Waals surface area contributed by atoms with E-state index in [0.29, 0.717) is 28.9 Å². The quantitative estimate of drug-likeness (QED) is 0.878. The van der Waals surface area contributed by atoms with E-state index in [2.05, 4.69) is 5.32 Å². The van der Waals surface area contributed by atoms with Crippen molar-refractivity contribution in [3.63, 3.8) is 0 Å². The molecule has 1 amide bonds. The standard InChI is InChI=1S/C16H23ClN2O2/c1-3-8-21-15-5-4-13(17)9-14(15)16(20)19-7-6-12(11-19)10-18-2/h4-5,9,12,18H,3,6-8,10-11H2,1-2H3/t12-/m0/s1. The van der Waals surface area contributed by atoms with Gasteiger partial charge in [-0.2, -0.15) is 0 Å². The summed E-state index contributed by atoms with van der Waals surface area (Å²) in [6.07, 6.45) is 1.95. The van der Waals surface area contributed by atoms with Crippen LogP contribution in [0.15, 0.2) is 18.2 Å². The van der Waals surface area contributed by atoms with Gasteiger partial charge in [0.1, 0.15) is 5.75 Å². The molecule has 0 unspecified atom stereocenters. The molecule has 1 aliphatic rings. The predicted octanol–water partition coefficient (Wildman–Crippen LogP) is 2.81. The molecular weight excluding hydrogens is 288 g/mol. The van der Waals surface area contributed by atoms with Crippen molar-refractivity contribution in [2.45, 2.75) is 19.8 Å². The van der Waals surface area contributed by atoms with Crippen LogP contribution in [0, 0.1) is 5.92 Å². The SMILES string of the molecule is CCCOc1ccc(Cl)cc1C(=O)N1CC[C@@H](CNC)C1. The van der Waals surface area contributed by atoms with E-state index < -0.39 is 0 Å². The van der Waals surface area contributed by atoms with Crippen LogP contribution in [0.4, 0.5) is 0 Å². The van der Waals surface area contributed by atoms with E-state index in [-0.39, 0.29) is 5.91 Å². The number of carbonyl (C=O) groups excluding carboxylic acids is 1. The third-order valence-electron chi connectivity index (χ3n) is 3.70. The summed E-state index contributed by atoms with van der Waals surface area (Å²) in [5.74, 6) is 1.17. The Bertz CT molecular complexity index is 493. The fraction of sp³-hybridized carbons (Fsp3) is 0.562. The van der Waals surface area contributed by atoms with E-state index in [1.54, 1.807) is 18.2 Å². The lowest BCUT2D eigenvalue weighted by molar-refractivity contribution is 0.0782. The molecule has 4 nitrogen and oxygen atoms in total. The number of likely N-dealkylation sites (tertiary alicyclic amines) is 1. The average molecular weight is 311 g/mol. The number of halogens is 1. The number of hydrogen-bond acceptors (Lipinski definition) is 3. The maximum atomic E-state index is 12.7. The van der Waals surface area contributed by atoms with Crippen molar-refractivity contribution in [2.24, 2.45) is 5.92 Å². The van der Waals surface area contributed by atoms with Crippen molar-refractivity contribution in [3.8, 4) is 5.75 Å². The second-order valence-corrected chi connectivity index (χ2v) is 5.89. The van der Waals surface area contributed by atoms with Crippen molar-refractivity contribution < 1.29 is 9.53 Å². The van der Waals surface area contributed by atoms with Gasteiger partial charge in [-0.3, -0.25) is 4.79 Å². The Morgan fingerprint density at radius 1 is 1.52 bits per heavy atom. The van der Waals surface area contributed by atoms with Crippen LogP contribution in [0.3, 0.4) is 0 Å². The van der Waals surface area contributed by atoms with Crippen LogP contribution in [0.2, 0.25) is 5.02 Å². The van der Waals surface area contributed by atoms with Gasteiger partial charge in [0.2, 0.25) is 0 Å². The molecule has 0 spiro atoms. The third kappa shape index (κ3) is 4.11. The largest absolute Gasteiger partial charge is 0.493 e. The van der Waals surface area contributed by atoms with Gasteiger partial charge in [0.25, 0.3) is 5.91 Å². The number of rotatable bonds is 6. The minimum absolute atomic E-state index is 0.0159. The van der Waals surface area contributed by atoms with Crippen LogP contribution >= 0.6 is 11.6 Å². The number of hydrogen-bond donors (Lipinski definition) is 1. The monoisotopic (exact) mass is 310 g/mol. The van der Waals surface area contributed by atoms with Gasteiger partial charge in [-0.25, -0.2) is 0 Å². The van der Waals surface area contributed by atoms with Gasteiger partial charge in [0.05, 0.1) is 12.2 Å². The average Bonchev–Trinajstić information content (AvgIpc) is 2.94. The highest BCUT2D eigenvalue weighted by atomic mass is 35.5. The van der Waals surface area contributed by atoms with Crippen LogP contribution in [-0.4, -0.2) is 44.1 Å². The van der Waals surface area contributed by atoms with Crippen LogP contribution in [0.1, 0.15) is 30.1 Å². The lowest BCUT2D eigenvalue weighted by Gasteiger charge is -2.19. The van der Waals surface area contributed by atoms with Crippen molar-refractivity contribution in [1.82, 2.24) is 10.2 Å². The highest BCUT2D eigenvalue weighted by molar-refractivity contribution is 6.31. The zero-order valence-corrected chi connectivity index (χ0v) is 13.4. The Morgan fingerprint density at radius 3 is 3.05 bits per heavy atom. The van der Waals surface area contributed by atoms with Gasteiger partial charge in [0.15, 0.2) is 0 Å². The maximum Gasteiger partial charge on any atom is 0.257 e. The first-order valence-electron chi connectivity index (χ1n) is 7.52. The molecule has 1 fully saturated rings. The number of amides is 1. The smallest absolute Gasteiger partial charge is 0.257 e. The van der Waals surface area contributed by atoms with Gasteiger partial charge in [0, 0.05) is 18.1 Å². The summed E-state index contributed by atoms with van der Waals surface area (Å²) < 4.78 is 5.68. The Hall–Kier alpha value is -1.26. The molecule has 21 heavy (non-hydrogen) atoms. The molecule has 1 saturated heterocycles. The number of nitrogens with one attached hydrogen (secondary N) is 1. The first-order chi connectivity index (χ1) is 10.2. The molecule has 0 bridgehead atoms. The molecule has 0 radical (unpaired) electrons. The lowest BCUT2D eigenvalue weighted by Crippen LogP contribution is -2.30. The summed E-state index contributed by atoms with van der Waals surface area (Å²) in [4.78, 5) is 14.6. The molecule has 1 aliphatic heterocycles. The fourth-order valence-electron chi connectivity index (χ4n) is 2.65. The second-order valence-electron chi connectivity index (χ2n) is 5.45. The van der Waals surface area contributed by atoms with Crippen molar-refractivity contribution >= 4 is 17.5 Å². The topological polar surface area (TPSA) is 41.6 Å². The highest BCUT2D eigenvalue weighted by Crippen LogP contribution is 2.27. The molecule has 1 aromatic carbocycles. The zero-order chi connectivity index (χ0) is 15.2. The van der Waals surface area contributed by atoms with Crippen molar-refractivity contribution in [2.75, 3.05) is 33.3 Å². The second kappa shape index (κ2) is 7.66. The van der Waals surface area contributed by atoms with E-state index in [9.17, 15) is 4.79 Å².